The van der Waals surface area contributed by atoms with Gasteiger partial charge < -0.3 is 14.2 Å². The highest BCUT2D eigenvalue weighted by molar-refractivity contribution is 4.73. The fourth-order valence-corrected chi connectivity index (χ4v) is 1.82. The van der Waals surface area contributed by atoms with E-state index in [-0.39, 0.29) is 5.41 Å². The molecule has 0 atom stereocenters. The van der Waals surface area contributed by atoms with Gasteiger partial charge in [-0.05, 0) is 19.3 Å². The zero-order valence-electron chi connectivity index (χ0n) is 14.2. The Morgan fingerprint density at radius 2 is 0.900 bits per heavy atom. The Hall–Kier alpha value is -0.120. The van der Waals surface area contributed by atoms with Gasteiger partial charge in [-0.15, -0.1) is 0 Å². The topological polar surface area (TPSA) is 27.7 Å². The van der Waals surface area contributed by atoms with Crippen molar-refractivity contribution in [1.82, 2.24) is 0 Å². The first-order chi connectivity index (χ1) is 9.68. The van der Waals surface area contributed by atoms with E-state index < -0.39 is 0 Å². The Bertz CT molecular complexity index is 163. The van der Waals surface area contributed by atoms with Gasteiger partial charge in [-0.3, -0.25) is 0 Å². The second-order valence-corrected chi connectivity index (χ2v) is 6.03. The van der Waals surface area contributed by atoms with Gasteiger partial charge in [-0.1, -0.05) is 47.0 Å². The van der Waals surface area contributed by atoms with Crippen LogP contribution in [0.15, 0.2) is 0 Å². The summed E-state index contributed by atoms with van der Waals surface area (Å²) in [5.74, 6) is 0. The molecule has 0 aromatic heterocycles. The molecule has 0 unspecified atom stereocenters. The van der Waals surface area contributed by atoms with Crippen molar-refractivity contribution in [2.24, 2.45) is 5.41 Å². The van der Waals surface area contributed by atoms with Crippen LogP contribution in [0.3, 0.4) is 0 Å². The predicted molar refractivity (Wildman–Crippen MR) is 85.3 cm³/mol. The van der Waals surface area contributed by atoms with Crippen LogP contribution in [0.5, 0.6) is 0 Å². The van der Waals surface area contributed by atoms with Gasteiger partial charge in [0, 0.05) is 25.2 Å². The number of hydrogen-bond acceptors (Lipinski definition) is 3. The Kier molecular flexibility index (Phi) is 13.8. The van der Waals surface area contributed by atoms with Crippen LogP contribution in [0.25, 0.3) is 0 Å². The molecular weight excluding hydrogens is 252 g/mol. The van der Waals surface area contributed by atoms with Crippen molar-refractivity contribution in [3.63, 3.8) is 0 Å². The Labute approximate surface area is 126 Å². The maximum Gasteiger partial charge on any atom is 0.0564 e. The molecule has 0 spiro atoms. The summed E-state index contributed by atoms with van der Waals surface area (Å²) >= 11 is 0. The summed E-state index contributed by atoms with van der Waals surface area (Å²) in [5.41, 5.74) is -0.0186. The van der Waals surface area contributed by atoms with Crippen LogP contribution in [0.2, 0.25) is 0 Å². The van der Waals surface area contributed by atoms with Gasteiger partial charge in [0.1, 0.15) is 0 Å². The standard InChI is InChI=1S/C17H36O3/c1-5-8-11-18-14-17(4,15-19-12-9-6-2)16-20-13-10-7-3/h5-16H2,1-4H3. The molecule has 0 saturated carbocycles. The van der Waals surface area contributed by atoms with E-state index in [9.17, 15) is 0 Å². The highest BCUT2D eigenvalue weighted by Gasteiger charge is 2.25. The lowest BCUT2D eigenvalue weighted by molar-refractivity contribution is -0.0609. The second-order valence-electron chi connectivity index (χ2n) is 6.03. The van der Waals surface area contributed by atoms with Crippen molar-refractivity contribution < 1.29 is 14.2 Å². The van der Waals surface area contributed by atoms with E-state index in [1.54, 1.807) is 0 Å². The van der Waals surface area contributed by atoms with Crippen LogP contribution in [-0.2, 0) is 14.2 Å². The zero-order valence-corrected chi connectivity index (χ0v) is 14.2. The summed E-state index contributed by atoms with van der Waals surface area (Å²) in [7, 11) is 0. The first kappa shape index (κ1) is 19.9. The first-order valence-electron chi connectivity index (χ1n) is 8.41. The van der Waals surface area contributed by atoms with Crippen LogP contribution in [0, 0.1) is 5.41 Å². The minimum absolute atomic E-state index is 0.0186. The van der Waals surface area contributed by atoms with Gasteiger partial charge in [0.2, 0.25) is 0 Å². The number of hydrogen-bond donors (Lipinski definition) is 0. The lowest BCUT2D eigenvalue weighted by Gasteiger charge is -2.29. The third-order valence-corrected chi connectivity index (χ3v) is 3.28. The summed E-state index contributed by atoms with van der Waals surface area (Å²) in [6.07, 6.45) is 6.92. The molecule has 3 nitrogen and oxygen atoms in total. The fraction of sp³-hybridized carbons (Fsp3) is 1.00. The van der Waals surface area contributed by atoms with E-state index in [4.69, 9.17) is 14.2 Å². The van der Waals surface area contributed by atoms with Gasteiger partial charge in [-0.25, -0.2) is 0 Å². The van der Waals surface area contributed by atoms with Crippen molar-refractivity contribution in [2.45, 2.75) is 66.2 Å². The largest absolute Gasteiger partial charge is 0.381 e. The molecule has 122 valence electrons. The minimum atomic E-state index is -0.0186. The maximum atomic E-state index is 5.79. The predicted octanol–water partition coefficient (Wildman–Crippen LogP) is 4.44. The quantitative estimate of drug-likeness (QED) is 0.417. The summed E-state index contributed by atoms with van der Waals surface area (Å²) in [6, 6.07) is 0. The van der Waals surface area contributed by atoms with Gasteiger partial charge in [0.15, 0.2) is 0 Å². The van der Waals surface area contributed by atoms with Crippen molar-refractivity contribution in [3.05, 3.63) is 0 Å². The monoisotopic (exact) mass is 288 g/mol. The molecule has 0 aliphatic rings. The van der Waals surface area contributed by atoms with E-state index in [0.717, 1.165) is 58.9 Å². The van der Waals surface area contributed by atoms with Crippen LogP contribution in [0.1, 0.15) is 66.2 Å². The zero-order chi connectivity index (χ0) is 15.1. The van der Waals surface area contributed by atoms with Crippen LogP contribution in [-0.4, -0.2) is 39.6 Å². The molecule has 20 heavy (non-hydrogen) atoms. The Balaban J connectivity index is 3.98. The van der Waals surface area contributed by atoms with E-state index >= 15 is 0 Å². The smallest absolute Gasteiger partial charge is 0.0564 e. The molecule has 0 aromatic carbocycles. The molecule has 0 heterocycles. The van der Waals surface area contributed by atoms with Gasteiger partial charge in [0.05, 0.1) is 19.8 Å². The molecule has 3 heteroatoms. The molecule has 0 aliphatic heterocycles. The first-order valence-corrected chi connectivity index (χ1v) is 8.41. The Morgan fingerprint density at radius 1 is 0.600 bits per heavy atom. The average molecular weight is 288 g/mol. The molecule has 0 aromatic rings. The lowest BCUT2D eigenvalue weighted by atomic mass is 9.94. The molecule has 0 N–H and O–H groups in total. The van der Waals surface area contributed by atoms with Crippen molar-refractivity contribution in [1.29, 1.82) is 0 Å². The third-order valence-electron chi connectivity index (χ3n) is 3.28. The van der Waals surface area contributed by atoms with Crippen LogP contribution < -0.4 is 0 Å². The van der Waals surface area contributed by atoms with Gasteiger partial charge in [-0.2, -0.15) is 0 Å². The normalized spacial score (nSPS) is 12.0. The maximum absolute atomic E-state index is 5.79. The van der Waals surface area contributed by atoms with Crippen LogP contribution in [0.4, 0.5) is 0 Å². The summed E-state index contributed by atoms with van der Waals surface area (Å²) < 4.78 is 17.4. The molecule has 0 fully saturated rings. The second kappa shape index (κ2) is 13.8. The van der Waals surface area contributed by atoms with E-state index in [2.05, 4.69) is 27.7 Å². The van der Waals surface area contributed by atoms with E-state index in [1.807, 2.05) is 0 Å². The highest BCUT2D eigenvalue weighted by Crippen LogP contribution is 2.19. The molecule has 0 amide bonds. The molecule has 0 rings (SSSR count). The molecule has 0 saturated heterocycles. The van der Waals surface area contributed by atoms with Crippen molar-refractivity contribution in [2.75, 3.05) is 39.6 Å². The molecule has 0 aliphatic carbocycles. The van der Waals surface area contributed by atoms with Crippen molar-refractivity contribution in [3.8, 4) is 0 Å². The average Bonchev–Trinajstić information content (AvgIpc) is 2.45. The van der Waals surface area contributed by atoms with Crippen LogP contribution >= 0.6 is 0 Å². The van der Waals surface area contributed by atoms with E-state index in [1.165, 1.54) is 19.3 Å². The summed E-state index contributed by atoms with van der Waals surface area (Å²) in [6.45, 7) is 13.5. The Morgan fingerprint density at radius 3 is 1.15 bits per heavy atom. The van der Waals surface area contributed by atoms with Gasteiger partial charge in [0.25, 0.3) is 0 Å². The lowest BCUT2D eigenvalue weighted by Crippen LogP contribution is -2.34. The SMILES string of the molecule is CCCCOCC(C)(COCCCC)COCCCC. The molecular formula is C17H36O3. The van der Waals surface area contributed by atoms with E-state index in [0.29, 0.717) is 0 Å². The third kappa shape index (κ3) is 11.7. The highest BCUT2D eigenvalue weighted by atomic mass is 16.5. The summed E-state index contributed by atoms with van der Waals surface area (Å²) in [5, 5.41) is 0. The minimum Gasteiger partial charge on any atom is -0.381 e. The van der Waals surface area contributed by atoms with Gasteiger partial charge >= 0.3 is 0 Å². The number of ether oxygens (including phenoxy) is 3. The number of rotatable bonds is 15. The molecule has 0 radical (unpaired) electrons. The number of unbranched alkanes of at least 4 members (excludes halogenated alkanes) is 3. The fourth-order valence-electron chi connectivity index (χ4n) is 1.82. The van der Waals surface area contributed by atoms with Crippen molar-refractivity contribution >= 4 is 0 Å². The molecule has 0 bridgehead atoms. The summed E-state index contributed by atoms with van der Waals surface area (Å²) in [4.78, 5) is 0.